The number of nitrogens with two attached hydrogens (primary N) is 1. The van der Waals surface area contributed by atoms with Gasteiger partial charge >= 0.3 is 94.5 Å². The quantitative estimate of drug-likeness (QED) is 0.0266. The standard InChI is InChI=1S/C9H15NO6.C7H13NO4.C2H3ClO2.CH2O3.2Na.H/c1-16-9(15)10-6(8(13)14)4-2-3-5-7(11)12;8-5(7(11)12)3-1-2-4-6(9)10;1-5-2(3)4;2-1-4-3;;;/h6H,2-5H2,1H3,(H,10,15)(H,11,12)(H,13,14);5H,1-4,8H2,(H,9,10)(H,11,12);1H3;1,3H;;;/q;;;;2*+1;-1/p-1. The number of ether oxygens (including phenoxy) is 2. The number of carboxylic acids is 4. The largest absolute Gasteiger partial charge is 1.00 e. The Balaban J connectivity index is -0.0000000802. The van der Waals surface area contributed by atoms with Crippen LogP contribution < -0.4 is 75.4 Å². The van der Waals surface area contributed by atoms with Gasteiger partial charge in [-0.15, -0.1) is 0 Å². The van der Waals surface area contributed by atoms with E-state index in [-0.39, 0.29) is 86.3 Å². The van der Waals surface area contributed by atoms with Crippen LogP contribution in [0.25, 0.3) is 0 Å². The van der Waals surface area contributed by atoms with Gasteiger partial charge < -0.3 is 52.5 Å². The van der Waals surface area contributed by atoms with Crippen LogP contribution in [0.5, 0.6) is 0 Å². The van der Waals surface area contributed by atoms with Crippen molar-refractivity contribution >= 4 is 53.5 Å². The van der Waals surface area contributed by atoms with Crippen molar-refractivity contribution in [3.8, 4) is 0 Å². The molecule has 0 saturated heterocycles. The van der Waals surface area contributed by atoms with Gasteiger partial charge in [-0.05, 0) is 25.7 Å². The van der Waals surface area contributed by atoms with Crippen LogP contribution in [-0.4, -0.2) is 88.6 Å². The molecule has 0 rings (SSSR count). The Morgan fingerprint density at radius 3 is 1.51 bits per heavy atom. The van der Waals surface area contributed by atoms with Crippen LogP contribution in [0.15, 0.2) is 0 Å². The second-order valence-corrected chi connectivity index (χ2v) is 6.69. The summed E-state index contributed by atoms with van der Waals surface area (Å²) < 4.78 is 8.14. The first-order chi connectivity index (χ1) is 17.2. The van der Waals surface area contributed by atoms with E-state index in [1.165, 1.54) is 7.11 Å². The van der Waals surface area contributed by atoms with E-state index in [9.17, 15) is 28.8 Å². The minimum Gasteiger partial charge on any atom is -1.00 e. The molecule has 0 fully saturated rings. The molecule has 39 heavy (non-hydrogen) atoms. The maximum atomic E-state index is 10.8. The van der Waals surface area contributed by atoms with Crippen molar-refractivity contribution in [2.24, 2.45) is 5.73 Å². The average molecular weight is 611 g/mol. The molecule has 0 bridgehead atoms. The number of nitrogens with one attached hydrogen (secondary N) is 1. The third-order valence-corrected chi connectivity index (χ3v) is 3.74. The Labute approximate surface area is 274 Å². The van der Waals surface area contributed by atoms with Crippen LogP contribution in [0.2, 0.25) is 0 Å². The fraction of sp³-hybridized carbons (Fsp3) is 0.632. The molecule has 0 aliphatic heterocycles. The SMILES string of the molecule is COC(=O)Cl.COC(=O)NC(CCCCC(=O)O)C(=O)O.NC(CCCCC(=O)O)C(=O)O.O=CO[O-].[H-].[Na+].[Na+]. The topological polar surface area (TPSA) is 289 Å². The molecule has 0 aromatic heterocycles. The number of hydrogen-bond acceptors (Lipinski definition) is 12. The normalized spacial score (nSPS) is 9.97. The van der Waals surface area contributed by atoms with Gasteiger partial charge in [-0.1, -0.05) is 12.8 Å². The molecule has 0 saturated carbocycles. The Kier molecular flexibility index (Phi) is 46.7. The molecular formula is C19H33ClN2Na2O15. The Hall–Kier alpha value is -1.70. The number of carboxylic acid groups (broad SMARTS) is 4. The summed E-state index contributed by atoms with van der Waals surface area (Å²) in [6.45, 7) is -0.181. The molecule has 7 N–H and O–H groups in total. The van der Waals surface area contributed by atoms with Crippen molar-refractivity contribution in [3.63, 3.8) is 0 Å². The molecule has 0 spiro atoms. The summed E-state index contributed by atoms with van der Waals surface area (Å²) in [4.78, 5) is 72.5. The van der Waals surface area contributed by atoms with Gasteiger partial charge in [-0.25, -0.2) is 14.4 Å². The van der Waals surface area contributed by atoms with Crippen LogP contribution in [0.4, 0.5) is 9.59 Å². The van der Waals surface area contributed by atoms with Gasteiger partial charge in [0.05, 0.1) is 14.2 Å². The molecule has 0 aliphatic rings. The van der Waals surface area contributed by atoms with Crippen molar-refractivity contribution in [2.75, 3.05) is 14.2 Å². The Morgan fingerprint density at radius 2 is 1.26 bits per heavy atom. The summed E-state index contributed by atoms with van der Waals surface area (Å²) >= 11 is 4.60. The molecule has 0 radical (unpaired) electrons. The third-order valence-electron chi connectivity index (χ3n) is 3.58. The van der Waals surface area contributed by atoms with Gasteiger partial charge in [0, 0.05) is 24.4 Å². The zero-order chi connectivity index (χ0) is 29.8. The van der Waals surface area contributed by atoms with Crippen molar-refractivity contribution in [3.05, 3.63) is 0 Å². The summed E-state index contributed by atoms with van der Waals surface area (Å²) in [5, 5.41) is 44.3. The van der Waals surface area contributed by atoms with Gasteiger partial charge in [0.2, 0.25) is 0 Å². The van der Waals surface area contributed by atoms with E-state index in [2.05, 4.69) is 31.3 Å². The number of amides is 1. The molecule has 0 aromatic rings. The molecule has 0 aromatic carbocycles. The van der Waals surface area contributed by atoms with Crippen molar-refractivity contribution < 1.29 is 134 Å². The molecule has 0 heterocycles. The summed E-state index contributed by atoms with van der Waals surface area (Å²) in [7, 11) is 2.36. The van der Waals surface area contributed by atoms with Crippen LogP contribution >= 0.6 is 11.6 Å². The smallest absolute Gasteiger partial charge is 1.00 e. The van der Waals surface area contributed by atoms with E-state index in [1.807, 2.05) is 0 Å². The summed E-state index contributed by atoms with van der Waals surface area (Å²) in [5.74, 6) is -3.99. The number of alkyl carbamates (subject to hydrolysis) is 1. The molecule has 2 atom stereocenters. The Bertz CT molecular complexity index is 709. The van der Waals surface area contributed by atoms with Gasteiger partial charge in [0.25, 0.3) is 6.47 Å². The molecule has 1 amide bonds. The predicted octanol–water partition coefficient (Wildman–Crippen LogP) is -5.97. The predicted molar refractivity (Wildman–Crippen MR) is 121 cm³/mol. The number of carbonyl (C=O) groups is 7. The minimum atomic E-state index is -1.17. The molecule has 2 unspecified atom stereocenters. The zero-order valence-corrected chi connectivity index (χ0v) is 26.9. The molecule has 17 nitrogen and oxygen atoms in total. The fourth-order valence-corrected chi connectivity index (χ4v) is 1.85. The van der Waals surface area contributed by atoms with Gasteiger partial charge in [0.1, 0.15) is 12.1 Å². The maximum Gasteiger partial charge on any atom is 1.00 e. The van der Waals surface area contributed by atoms with E-state index < -0.39 is 47.5 Å². The van der Waals surface area contributed by atoms with Gasteiger partial charge in [0.15, 0.2) is 0 Å². The van der Waals surface area contributed by atoms with Crippen LogP contribution in [-0.2, 0) is 38.3 Å². The second-order valence-electron chi connectivity index (χ2n) is 6.38. The summed E-state index contributed by atoms with van der Waals surface area (Å²) in [6, 6.07) is -1.90. The summed E-state index contributed by atoms with van der Waals surface area (Å²) in [5.41, 5.74) is 4.41. The average Bonchev–Trinajstić information content (AvgIpc) is 2.83. The monoisotopic (exact) mass is 610 g/mol. The number of halogens is 1. The van der Waals surface area contributed by atoms with Crippen LogP contribution in [0.3, 0.4) is 0 Å². The fourth-order valence-electron chi connectivity index (χ4n) is 1.85. The molecular weight excluding hydrogens is 578 g/mol. The van der Waals surface area contributed by atoms with Crippen molar-refractivity contribution in [1.29, 1.82) is 0 Å². The molecule has 218 valence electrons. The van der Waals surface area contributed by atoms with Crippen molar-refractivity contribution in [2.45, 2.75) is 63.5 Å². The molecule has 20 heteroatoms. The number of unbranched alkanes of at least 4 members (excludes halogenated alkanes) is 2. The number of hydrogen-bond donors (Lipinski definition) is 6. The van der Waals surface area contributed by atoms with Gasteiger partial charge in [-0.3, -0.25) is 19.2 Å². The summed E-state index contributed by atoms with van der Waals surface area (Å²) in [6.07, 6.45) is 1.58. The van der Waals surface area contributed by atoms with E-state index in [1.54, 1.807) is 0 Å². The van der Waals surface area contributed by atoms with E-state index >= 15 is 0 Å². The van der Waals surface area contributed by atoms with E-state index in [4.69, 9.17) is 36.2 Å². The molecule has 0 aliphatic carbocycles. The van der Waals surface area contributed by atoms with Crippen molar-refractivity contribution in [1.82, 2.24) is 5.32 Å². The first kappa shape index (κ1) is 50.2. The first-order valence-corrected chi connectivity index (χ1v) is 10.5. The van der Waals surface area contributed by atoms with E-state index in [0.29, 0.717) is 32.1 Å². The number of carbonyl (C=O) groups excluding carboxylic acids is 3. The first-order valence-electron chi connectivity index (χ1n) is 10.1. The third kappa shape index (κ3) is 49.7. The Morgan fingerprint density at radius 1 is 0.872 bits per heavy atom. The number of aliphatic carboxylic acids is 4. The van der Waals surface area contributed by atoms with Crippen LogP contribution in [0.1, 0.15) is 52.8 Å². The maximum absolute atomic E-state index is 10.8. The zero-order valence-electron chi connectivity index (χ0n) is 23.1. The minimum absolute atomic E-state index is 0. The number of methoxy groups -OCH3 is 2. The number of rotatable bonds is 14. The second kappa shape index (κ2) is 36.3. The van der Waals surface area contributed by atoms with Gasteiger partial charge in [-0.2, -0.15) is 0 Å². The van der Waals surface area contributed by atoms with Crippen LogP contribution in [0, 0.1) is 0 Å². The van der Waals surface area contributed by atoms with E-state index in [0.717, 1.165) is 7.11 Å².